The number of aliphatic hydroxyl groups is 1. The van der Waals surface area contributed by atoms with Crippen molar-refractivity contribution in [1.29, 1.82) is 0 Å². The SMILES string of the molecule is COCOc1cc(-c2ncc3c(N4CC5CCC(C4)N5C(=O)OC(C)(C)C)nc(CCCO)c(C)c3c2F)c2c(C#C[Si](C(C)C)(C(C)C)C(C)C)c(F)ccc2c1. The number of nitrogens with zero attached hydrogens (tertiary/aromatic N) is 4. The van der Waals surface area contributed by atoms with E-state index in [1.165, 1.54) is 13.2 Å². The number of halogens is 2. The molecule has 0 spiro atoms. The van der Waals surface area contributed by atoms with Crippen molar-refractivity contribution in [3.05, 3.63) is 58.9 Å². The molecule has 2 aliphatic heterocycles. The number of benzene rings is 2. The van der Waals surface area contributed by atoms with Crippen LogP contribution in [0.3, 0.4) is 0 Å². The Morgan fingerprint density at radius 2 is 1.67 bits per heavy atom. The van der Waals surface area contributed by atoms with Crippen LogP contribution in [0.1, 0.15) is 98.4 Å². The van der Waals surface area contributed by atoms with Gasteiger partial charge in [0.1, 0.15) is 36.8 Å². The lowest BCUT2D eigenvalue weighted by Crippen LogP contribution is -2.57. The molecule has 1 amide bonds. The van der Waals surface area contributed by atoms with E-state index in [0.29, 0.717) is 92.5 Å². The molecule has 2 atom stereocenters. The molecule has 1 N–H and O–H groups in total. The van der Waals surface area contributed by atoms with E-state index in [1.54, 1.807) is 24.4 Å². The zero-order valence-electron chi connectivity index (χ0n) is 36.1. The minimum atomic E-state index is -2.28. The van der Waals surface area contributed by atoms with E-state index in [4.69, 9.17) is 24.2 Å². The number of ether oxygens (including phenoxy) is 3. The van der Waals surface area contributed by atoms with Crippen LogP contribution < -0.4 is 9.64 Å². The maximum absolute atomic E-state index is 17.8. The van der Waals surface area contributed by atoms with Gasteiger partial charge < -0.3 is 24.2 Å². The number of piperazine rings is 1. The summed E-state index contributed by atoms with van der Waals surface area (Å²) in [6.07, 6.45) is 3.88. The van der Waals surface area contributed by atoms with Crippen molar-refractivity contribution in [3.8, 4) is 28.5 Å². The number of aryl methyl sites for hydroxylation is 2. The highest BCUT2D eigenvalue weighted by molar-refractivity contribution is 6.90. The molecule has 2 aliphatic rings. The van der Waals surface area contributed by atoms with Crippen LogP contribution >= 0.6 is 0 Å². The summed E-state index contributed by atoms with van der Waals surface area (Å²) in [5.74, 6) is 3.30. The van der Waals surface area contributed by atoms with Gasteiger partial charge in [-0.05, 0) is 99.2 Å². The number of methoxy groups -OCH3 is 1. The number of aliphatic hydroxyl groups excluding tert-OH is 1. The molecule has 2 saturated heterocycles. The van der Waals surface area contributed by atoms with Crippen molar-refractivity contribution in [2.45, 2.75) is 129 Å². The summed E-state index contributed by atoms with van der Waals surface area (Å²) in [4.78, 5) is 27.2. The average molecular weight is 815 g/mol. The topological polar surface area (TPSA) is 97.3 Å². The molecule has 9 nitrogen and oxygen atoms in total. The predicted octanol–water partition coefficient (Wildman–Crippen LogP) is 10.1. The Labute approximate surface area is 343 Å². The van der Waals surface area contributed by atoms with Crippen molar-refractivity contribution in [2.24, 2.45) is 0 Å². The van der Waals surface area contributed by atoms with E-state index >= 15 is 8.78 Å². The molecule has 4 aromatic rings. The van der Waals surface area contributed by atoms with Crippen molar-refractivity contribution in [3.63, 3.8) is 0 Å². The number of amides is 1. The molecule has 0 saturated carbocycles. The van der Waals surface area contributed by atoms with Gasteiger partial charge in [0.2, 0.25) is 0 Å². The number of pyridine rings is 2. The van der Waals surface area contributed by atoms with Crippen LogP contribution in [0.15, 0.2) is 30.5 Å². The largest absolute Gasteiger partial charge is 0.468 e. The average Bonchev–Trinajstić information content (AvgIpc) is 3.42. The van der Waals surface area contributed by atoms with Gasteiger partial charge >= 0.3 is 6.09 Å². The van der Waals surface area contributed by atoms with Crippen LogP contribution in [-0.4, -0.2) is 85.4 Å². The first-order chi connectivity index (χ1) is 27.4. The van der Waals surface area contributed by atoms with Gasteiger partial charge in [-0.15, -0.1) is 5.54 Å². The lowest BCUT2D eigenvalue weighted by Gasteiger charge is -2.42. The fourth-order valence-electron chi connectivity index (χ4n) is 9.58. The Bertz CT molecular complexity index is 2210. The van der Waals surface area contributed by atoms with Crippen molar-refractivity contribution < 1.29 is 32.9 Å². The smallest absolute Gasteiger partial charge is 0.410 e. The zero-order valence-corrected chi connectivity index (χ0v) is 37.1. The molecule has 312 valence electrons. The standard InChI is InChI=1S/C46H60F2N4O5Si/c1-27(2)58(28(3)4,29(5)6)20-18-35-38(47)17-14-31-21-34(56-26-55-11)22-36(41(31)35)43-42(48)40-30(7)39(13-12-19-53)50-44(37(40)23-49-43)51-24-32-15-16-33(25-51)52(32)45(54)57-46(8,9)10/h14,17,21-23,27-29,32-33,53H,12-13,15-16,19,24-26H2,1-11H3. The van der Waals surface area contributed by atoms with Crippen LogP contribution in [0.5, 0.6) is 5.75 Å². The maximum Gasteiger partial charge on any atom is 0.410 e. The first kappa shape index (κ1) is 43.3. The molecular formula is C46H60F2N4O5Si. The zero-order chi connectivity index (χ0) is 42.3. The second-order valence-corrected chi connectivity index (χ2v) is 23.5. The third-order valence-corrected chi connectivity index (χ3v) is 18.5. The highest BCUT2D eigenvalue weighted by Gasteiger charge is 2.45. The second-order valence-electron chi connectivity index (χ2n) is 17.9. The molecule has 58 heavy (non-hydrogen) atoms. The third kappa shape index (κ3) is 8.14. The van der Waals surface area contributed by atoms with Gasteiger partial charge in [0, 0.05) is 60.4 Å². The second kappa shape index (κ2) is 17.1. The monoisotopic (exact) mass is 814 g/mol. The number of carbonyl (C=O) groups excluding carboxylic acids is 1. The fraction of sp³-hybridized carbons (Fsp3) is 0.543. The van der Waals surface area contributed by atoms with Crippen molar-refractivity contribution in [1.82, 2.24) is 14.9 Å². The van der Waals surface area contributed by atoms with Crippen LogP contribution in [0.4, 0.5) is 19.4 Å². The Morgan fingerprint density at radius 3 is 2.26 bits per heavy atom. The van der Waals surface area contributed by atoms with E-state index in [0.717, 1.165) is 12.8 Å². The van der Waals surface area contributed by atoms with Gasteiger partial charge in [-0.25, -0.2) is 18.6 Å². The fourth-order valence-corrected chi connectivity index (χ4v) is 14.8. The van der Waals surface area contributed by atoms with Crippen molar-refractivity contribution in [2.75, 3.05) is 38.5 Å². The Morgan fingerprint density at radius 1 is 1.02 bits per heavy atom. The summed E-state index contributed by atoms with van der Waals surface area (Å²) < 4.78 is 50.9. The van der Waals surface area contributed by atoms with Gasteiger partial charge in [-0.1, -0.05) is 53.5 Å². The molecule has 2 fully saturated rings. The van der Waals surface area contributed by atoms with Crippen LogP contribution in [-0.2, 0) is 15.9 Å². The molecule has 2 bridgehead atoms. The summed E-state index contributed by atoms with van der Waals surface area (Å²) >= 11 is 0. The number of rotatable bonds is 11. The van der Waals surface area contributed by atoms with Crippen molar-refractivity contribution >= 4 is 41.5 Å². The molecule has 2 aromatic carbocycles. The number of carbonyl (C=O) groups is 1. The van der Waals surface area contributed by atoms with Gasteiger partial charge in [-0.2, -0.15) is 0 Å². The normalized spacial score (nSPS) is 17.2. The van der Waals surface area contributed by atoms with Crippen LogP contribution in [0, 0.1) is 30.0 Å². The predicted molar refractivity (Wildman–Crippen MR) is 230 cm³/mol. The highest BCUT2D eigenvalue weighted by Crippen LogP contribution is 2.44. The molecule has 2 aromatic heterocycles. The minimum Gasteiger partial charge on any atom is -0.468 e. The third-order valence-electron chi connectivity index (χ3n) is 12.2. The molecular weight excluding hydrogens is 755 g/mol. The lowest BCUT2D eigenvalue weighted by molar-refractivity contribution is 0.0123. The number of anilines is 1. The van der Waals surface area contributed by atoms with E-state index in [2.05, 4.69) is 57.9 Å². The van der Waals surface area contributed by atoms with Gasteiger partial charge in [-0.3, -0.25) is 9.88 Å². The first-order valence-electron chi connectivity index (χ1n) is 20.7. The summed E-state index contributed by atoms with van der Waals surface area (Å²) in [6.45, 7) is 21.7. The Hall–Kier alpha value is -4.31. The molecule has 4 heterocycles. The first-order valence-corrected chi connectivity index (χ1v) is 22.9. The number of aromatic nitrogens is 2. The van der Waals surface area contributed by atoms with E-state index in [1.807, 2.05) is 32.6 Å². The van der Waals surface area contributed by atoms with Gasteiger partial charge in [0.15, 0.2) is 12.6 Å². The van der Waals surface area contributed by atoms with Gasteiger partial charge in [0.25, 0.3) is 0 Å². The quantitative estimate of drug-likeness (QED) is 0.0909. The number of hydrogen-bond acceptors (Lipinski definition) is 8. The summed E-state index contributed by atoms with van der Waals surface area (Å²) in [6, 6.07) is 6.38. The van der Waals surface area contributed by atoms with Crippen LogP contribution in [0.2, 0.25) is 16.6 Å². The highest BCUT2D eigenvalue weighted by atomic mass is 28.3. The molecule has 2 unspecified atom stereocenters. The Balaban J connectivity index is 1.57. The summed E-state index contributed by atoms with van der Waals surface area (Å²) in [5.41, 5.74) is 5.97. The van der Waals surface area contributed by atoms with Gasteiger partial charge in [0.05, 0.1) is 17.6 Å². The van der Waals surface area contributed by atoms with E-state index in [9.17, 15) is 9.90 Å². The molecule has 0 radical (unpaired) electrons. The Kier molecular flexibility index (Phi) is 12.8. The molecule has 0 aliphatic carbocycles. The van der Waals surface area contributed by atoms with E-state index in [-0.39, 0.29) is 42.8 Å². The molecule has 12 heteroatoms. The van der Waals surface area contributed by atoms with Crippen LogP contribution in [0.25, 0.3) is 32.8 Å². The number of hydrogen-bond donors (Lipinski definition) is 1. The number of fused-ring (bicyclic) bond motifs is 4. The van der Waals surface area contributed by atoms with E-state index < -0.39 is 25.3 Å². The summed E-state index contributed by atoms with van der Waals surface area (Å²) in [7, 11) is -0.761. The summed E-state index contributed by atoms with van der Waals surface area (Å²) in [5, 5.41) is 11.8. The minimum absolute atomic E-state index is 0.0384. The maximum atomic E-state index is 17.8. The molecule has 6 rings (SSSR count). The lowest BCUT2D eigenvalue weighted by atomic mass is 9.94.